The number of ether oxygens (including phenoxy) is 1. The van der Waals surface area contributed by atoms with Gasteiger partial charge in [0.15, 0.2) is 0 Å². The van der Waals surface area contributed by atoms with Crippen LogP contribution in [0.5, 0.6) is 5.88 Å². The average Bonchev–Trinajstić information content (AvgIpc) is 2.67. The van der Waals surface area contributed by atoms with Crippen molar-refractivity contribution in [1.82, 2.24) is 19.9 Å². The summed E-state index contributed by atoms with van der Waals surface area (Å²) in [4.78, 5) is 31.8. The summed E-state index contributed by atoms with van der Waals surface area (Å²) in [5.74, 6) is 2.08. The molecule has 0 unspecified atom stereocenters. The lowest BCUT2D eigenvalue weighted by atomic mass is 10.2. The van der Waals surface area contributed by atoms with Crippen LogP contribution in [-0.2, 0) is 0 Å². The van der Waals surface area contributed by atoms with E-state index in [1.807, 2.05) is 36.9 Å². The number of amides is 1. The fourth-order valence-electron chi connectivity index (χ4n) is 2.83. The van der Waals surface area contributed by atoms with E-state index in [4.69, 9.17) is 4.74 Å². The maximum absolute atomic E-state index is 12.6. The first-order valence-electron chi connectivity index (χ1n) is 8.55. The number of anilines is 2. The van der Waals surface area contributed by atoms with Crippen molar-refractivity contribution in [3.8, 4) is 5.88 Å². The van der Waals surface area contributed by atoms with Crippen LogP contribution >= 0.6 is 0 Å². The van der Waals surface area contributed by atoms with Crippen LogP contribution in [0.1, 0.15) is 16.1 Å². The van der Waals surface area contributed by atoms with Gasteiger partial charge in [-0.1, -0.05) is 0 Å². The Labute approximate surface area is 153 Å². The molecule has 0 aromatic carbocycles. The molecule has 3 heterocycles. The van der Waals surface area contributed by atoms with Gasteiger partial charge in [0.05, 0.1) is 12.7 Å². The Morgan fingerprint density at radius 2 is 1.88 bits per heavy atom. The summed E-state index contributed by atoms with van der Waals surface area (Å²) < 4.78 is 5.03. The van der Waals surface area contributed by atoms with Crippen molar-refractivity contribution >= 4 is 17.7 Å². The molecule has 8 nitrogen and oxygen atoms in total. The van der Waals surface area contributed by atoms with Gasteiger partial charge in [-0.25, -0.2) is 9.97 Å². The Morgan fingerprint density at radius 3 is 2.46 bits per heavy atom. The van der Waals surface area contributed by atoms with Crippen LogP contribution in [0.3, 0.4) is 0 Å². The van der Waals surface area contributed by atoms with Gasteiger partial charge in [0.2, 0.25) is 11.8 Å². The quantitative estimate of drug-likeness (QED) is 0.815. The predicted molar refractivity (Wildman–Crippen MR) is 100 cm³/mol. The third kappa shape index (κ3) is 3.84. The number of piperazine rings is 1. The minimum Gasteiger partial charge on any atom is -0.481 e. The van der Waals surface area contributed by atoms with E-state index in [1.165, 1.54) is 0 Å². The molecule has 1 fully saturated rings. The van der Waals surface area contributed by atoms with Crippen LogP contribution in [0.4, 0.5) is 11.8 Å². The molecule has 0 bridgehead atoms. The maximum atomic E-state index is 12.6. The maximum Gasteiger partial charge on any atom is 0.255 e. The molecular formula is C18H24N6O2. The van der Waals surface area contributed by atoms with Crippen LogP contribution in [0, 0.1) is 6.92 Å². The van der Waals surface area contributed by atoms with E-state index in [-0.39, 0.29) is 5.91 Å². The van der Waals surface area contributed by atoms with Gasteiger partial charge >= 0.3 is 0 Å². The Balaban J connectivity index is 1.66. The Bertz CT molecular complexity index is 770. The van der Waals surface area contributed by atoms with E-state index in [9.17, 15) is 4.79 Å². The summed E-state index contributed by atoms with van der Waals surface area (Å²) in [5.41, 5.74) is 1.50. The SMILES string of the molecule is COc1ccc(C(=O)N2CCN(c3nc(C)cc(N(C)C)n3)CC2)cn1. The fourth-order valence-corrected chi connectivity index (χ4v) is 2.83. The molecular weight excluding hydrogens is 332 g/mol. The molecule has 1 aliphatic rings. The topological polar surface area (TPSA) is 74.7 Å². The molecule has 138 valence electrons. The van der Waals surface area contributed by atoms with E-state index in [2.05, 4.69) is 19.9 Å². The lowest BCUT2D eigenvalue weighted by molar-refractivity contribution is 0.0745. The molecule has 0 saturated carbocycles. The Hall–Kier alpha value is -2.90. The summed E-state index contributed by atoms with van der Waals surface area (Å²) in [5, 5.41) is 0. The standard InChI is InChI=1S/C18H24N6O2/c1-13-11-15(22(2)3)21-18(20-13)24-9-7-23(8-10-24)17(25)14-5-6-16(26-4)19-12-14/h5-6,11-12H,7-10H2,1-4H3. The predicted octanol–water partition coefficient (Wildman–Crippen LogP) is 1.22. The lowest BCUT2D eigenvalue weighted by Crippen LogP contribution is -2.49. The number of methoxy groups -OCH3 is 1. The first kappa shape index (κ1) is 17.9. The zero-order chi connectivity index (χ0) is 18.7. The largest absolute Gasteiger partial charge is 0.481 e. The van der Waals surface area contributed by atoms with Gasteiger partial charge in [-0.3, -0.25) is 4.79 Å². The van der Waals surface area contributed by atoms with Crippen molar-refractivity contribution in [1.29, 1.82) is 0 Å². The van der Waals surface area contributed by atoms with Gasteiger partial charge < -0.3 is 19.4 Å². The van der Waals surface area contributed by atoms with Gasteiger partial charge in [0.25, 0.3) is 5.91 Å². The third-order valence-corrected chi connectivity index (χ3v) is 4.33. The molecule has 26 heavy (non-hydrogen) atoms. The molecule has 0 aliphatic carbocycles. The number of nitrogens with zero attached hydrogens (tertiary/aromatic N) is 6. The highest BCUT2D eigenvalue weighted by atomic mass is 16.5. The van der Waals surface area contributed by atoms with Crippen molar-refractivity contribution in [3.63, 3.8) is 0 Å². The Morgan fingerprint density at radius 1 is 1.15 bits per heavy atom. The molecule has 0 spiro atoms. The van der Waals surface area contributed by atoms with Gasteiger partial charge in [-0.05, 0) is 13.0 Å². The minimum atomic E-state index is -0.0149. The van der Waals surface area contributed by atoms with Crippen molar-refractivity contribution in [3.05, 3.63) is 35.7 Å². The van der Waals surface area contributed by atoms with Crippen molar-refractivity contribution in [2.75, 3.05) is 57.2 Å². The number of carbonyl (C=O) groups is 1. The number of hydrogen-bond donors (Lipinski definition) is 0. The fraction of sp³-hybridized carbons (Fsp3) is 0.444. The normalized spacial score (nSPS) is 14.3. The second-order valence-electron chi connectivity index (χ2n) is 6.43. The number of aromatic nitrogens is 3. The smallest absolute Gasteiger partial charge is 0.255 e. The van der Waals surface area contributed by atoms with Gasteiger partial charge in [0.1, 0.15) is 5.82 Å². The second kappa shape index (κ2) is 7.55. The molecule has 3 rings (SSSR count). The average molecular weight is 356 g/mol. The summed E-state index contributed by atoms with van der Waals surface area (Å²) >= 11 is 0. The van der Waals surface area contributed by atoms with E-state index < -0.39 is 0 Å². The molecule has 0 atom stereocenters. The van der Waals surface area contributed by atoms with Crippen LogP contribution in [0.15, 0.2) is 24.4 Å². The van der Waals surface area contributed by atoms with E-state index in [0.29, 0.717) is 43.6 Å². The second-order valence-corrected chi connectivity index (χ2v) is 6.43. The van der Waals surface area contributed by atoms with Gasteiger partial charge in [0, 0.05) is 64.3 Å². The van der Waals surface area contributed by atoms with Gasteiger partial charge in [-0.2, -0.15) is 4.98 Å². The van der Waals surface area contributed by atoms with Gasteiger partial charge in [-0.15, -0.1) is 0 Å². The number of carbonyl (C=O) groups excluding carboxylic acids is 1. The van der Waals surface area contributed by atoms with E-state index >= 15 is 0 Å². The molecule has 2 aromatic heterocycles. The number of pyridine rings is 1. The van der Waals surface area contributed by atoms with Crippen molar-refractivity contribution in [2.24, 2.45) is 0 Å². The van der Waals surface area contributed by atoms with Crippen LogP contribution in [0.2, 0.25) is 0 Å². The molecule has 1 aliphatic heterocycles. The molecule has 2 aromatic rings. The highest BCUT2D eigenvalue weighted by molar-refractivity contribution is 5.94. The number of aryl methyl sites for hydroxylation is 1. The molecule has 0 N–H and O–H groups in total. The highest BCUT2D eigenvalue weighted by Gasteiger charge is 2.24. The first-order chi connectivity index (χ1) is 12.5. The highest BCUT2D eigenvalue weighted by Crippen LogP contribution is 2.18. The minimum absolute atomic E-state index is 0.0149. The van der Waals surface area contributed by atoms with E-state index in [1.54, 1.807) is 25.4 Å². The van der Waals surface area contributed by atoms with Crippen molar-refractivity contribution in [2.45, 2.75) is 6.92 Å². The van der Waals surface area contributed by atoms with Crippen molar-refractivity contribution < 1.29 is 9.53 Å². The first-order valence-corrected chi connectivity index (χ1v) is 8.55. The zero-order valence-corrected chi connectivity index (χ0v) is 15.6. The lowest BCUT2D eigenvalue weighted by Gasteiger charge is -2.35. The third-order valence-electron chi connectivity index (χ3n) is 4.33. The van der Waals surface area contributed by atoms with E-state index in [0.717, 1.165) is 11.5 Å². The zero-order valence-electron chi connectivity index (χ0n) is 15.6. The summed E-state index contributed by atoms with van der Waals surface area (Å²) in [7, 11) is 5.48. The summed E-state index contributed by atoms with van der Waals surface area (Å²) in [6, 6.07) is 5.40. The van der Waals surface area contributed by atoms with Crippen LogP contribution in [-0.4, -0.2) is 73.1 Å². The monoisotopic (exact) mass is 356 g/mol. The van der Waals surface area contributed by atoms with Crippen LogP contribution in [0.25, 0.3) is 0 Å². The molecule has 0 radical (unpaired) electrons. The summed E-state index contributed by atoms with van der Waals surface area (Å²) in [6.07, 6.45) is 1.56. The summed E-state index contributed by atoms with van der Waals surface area (Å²) in [6.45, 7) is 4.62. The van der Waals surface area contributed by atoms with Crippen LogP contribution < -0.4 is 14.5 Å². The number of hydrogen-bond acceptors (Lipinski definition) is 7. The molecule has 1 saturated heterocycles. The number of rotatable bonds is 4. The molecule has 1 amide bonds. The molecule has 8 heteroatoms. The Kier molecular flexibility index (Phi) is 5.20.